The van der Waals surface area contributed by atoms with Gasteiger partial charge in [0.15, 0.2) is 0 Å². The van der Waals surface area contributed by atoms with Crippen LogP contribution in [0.1, 0.15) is 24.5 Å². The number of nitrogens with one attached hydrogen (secondary N) is 1. The van der Waals surface area contributed by atoms with E-state index in [1.54, 1.807) is 0 Å². The van der Waals surface area contributed by atoms with E-state index in [-0.39, 0.29) is 6.04 Å². The van der Waals surface area contributed by atoms with Crippen LogP contribution in [0.15, 0.2) is 36.7 Å². The van der Waals surface area contributed by atoms with Crippen LogP contribution in [0.4, 0.5) is 0 Å². The smallest absolute Gasteiger partial charge is 0.125 e. The lowest BCUT2D eigenvalue weighted by Crippen LogP contribution is -2.22. The molecule has 0 aliphatic carbocycles. The van der Waals surface area contributed by atoms with Gasteiger partial charge in [-0.05, 0) is 20.0 Å². The maximum atomic E-state index is 4.77. The highest BCUT2D eigenvalue weighted by molar-refractivity contribution is 5.82. The second kappa shape index (κ2) is 5.69. The molecule has 1 atom stereocenters. The molecule has 0 spiro atoms. The van der Waals surface area contributed by atoms with Crippen molar-refractivity contribution >= 4 is 10.9 Å². The third-order valence-corrected chi connectivity index (χ3v) is 3.95. The molecule has 0 saturated carbocycles. The monoisotopic (exact) mass is 283 g/mol. The van der Waals surface area contributed by atoms with Gasteiger partial charge in [-0.25, -0.2) is 4.98 Å². The number of hydrogen-bond donors (Lipinski definition) is 1. The fraction of sp³-hybridized carbons (Fsp3) is 0.375. The van der Waals surface area contributed by atoms with Crippen molar-refractivity contribution in [1.82, 2.24) is 24.6 Å². The maximum absolute atomic E-state index is 4.77. The van der Waals surface area contributed by atoms with Crippen molar-refractivity contribution in [3.8, 4) is 0 Å². The van der Waals surface area contributed by atoms with E-state index in [0.717, 1.165) is 24.5 Å². The summed E-state index contributed by atoms with van der Waals surface area (Å²) in [5, 5.41) is 9.36. The van der Waals surface area contributed by atoms with Crippen LogP contribution in [0, 0.1) is 0 Å². The molecule has 5 nitrogen and oxygen atoms in total. The number of aryl methyl sites for hydroxylation is 2. The number of likely N-dealkylation sites (N-methyl/N-ethyl adjacent to an activating group) is 1. The van der Waals surface area contributed by atoms with Crippen LogP contribution in [-0.4, -0.2) is 26.4 Å². The van der Waals surface area contributed by atoms with Gasteiger partial charge in [0.25, 0.3) is 0 Å². The summed E-state index contributed by atoms with van der Waals surface area (Å²) >= 11 is 0. The van der Waals surface area contributed by atoms with Gasteiger partial charge >= 0.3 is 0 Å². The number of para-hydroxylation sites is 1. The quantitative estimate of drug-likeness (QED) is 0.781. The molecule has 0 aliphatic rings. The van der Waals surface area contributed by atoms with E-state index in [0.29, 0.717) is 0 Å². The van der Waals surface area contributed by atoms with Crippen LogP contribution < -0.4 is 5.32 Å². The SMILES string of the molecule is CCn1nc(CC(NC)c2nccn2C)c2ccccc21. The number of hydrogen-bond acceptors (Lipinski definition) is 3. The van der Waals surface area contributed by atoms with Crippen molar-refractivity contribution in [2.45, 2.75) is 25.9 Å². The first-order valence-corrected chi connectivity index (χ1v) is 7.33. The molecule has 0 radical (unpaired) electrons. The number of rotatable bonds is 5. The predicted octanol–water partition coefficient (Wildman–Crippen LogP) is 2.29. The van der Waals surface area contributed by atoms with Gasteiger partial charge in [0.1, 0.15) is 5.82 Å². The van der Waals surface area contributed by atoms with Gasteiger partial charge in [-0.1, -0.05) is 18.2 Å². The minimum Gasteiger partial charge on any atom is -0.337 e. The fourth-order valence-corrected chi connectivity index (χ4v) is 2.82. The van der Waals surface area contributed by atoms with Gasteiger partial charge in [-0.2, -0.15) is 5.10 Å². The van der Waals surface area contributed by atoms with Crippen LogP contribution in [0.3, 0.4) is 0 Å². The molecule has 110 valence electrons. The van der Waals surface area contributed by atoms with E-state index in [1.807, 2.05) is 26.5 Å². The average molecular weight is 283 g/mol. The highest BCUT2D eigenvalue weighted by atomic mass is 15.3. The Morgan fingerprint density at radius 3 is 2.76 bits per heavy atom. The van der Waals surface area contributed by atoms with Gasteiger partial charge in [-0.3, -0.25) is 4.68 Å². The first-order valence-electron chi connectivity index (χ1n) is 7.33. The summed E-state index contributed by atoms with van der Waals surface area (Å²) in [5.41, 5.74) is 2.32. The lowest BCUT2D eigenvalue weighted by atomic mass is 10.1. The second-order valence-electron chi connectivity index (χ2n) is 5.22. The molecule has 3 rings (SSSR count). The van der Waals surface area contributed by atoms with E-state index >= 15 is 0 Å². The Morgan fingerprint density at radius 2 is 2.10 bits per heavy atom. The molecule has 1 aromatic carbocycles. The number of fused-ring (bicyclic) bond motifs is 1. The van der Waals surface area contributed by atoms with Gasteiger partial charge in [0.05, 0.1) is 17.3 Å². The largest absolute Gasteiger partial charge is 0.337 e. The van der Waals surface area contributed by atoms with Crippen LogP contribution in [0.5, 0.6) is 0 Å². The zero-order valence-electron chi connectivity index (χ0n) is 12.7. The fourth-order valence-electron chi connectivity index (χ4n) is 2.82. The Morgan fingerprint density at radius 1 is 1.29 bits per heavy atom. The van der Waals surface area contributed by atoms with Crippen molar-refractivity contribution in [2.75, 3.05) is 7.05 Å². The summed E-state index contributed by atoms with van der Waals surface area (Å²) in [6.07, 6.45) is 4.64. The van der Waals surface area contributed by atoms with E-state index in [4.69, 9.17) is 5.10 Å². The van der Waals surface area contributed by atoms with Gasteiger partial charge in [0.2, 0.25) is 0 Å². The molecule has 1 unspecified atom stereocenters. The molecule has 21 heavy (non-hydrogen) atoms. The molecular formula is C16H21N5. The minimum absolute atomic E-state index is 0.161. The highest BCUT2D eigenvalue weighted by Gasteiger charge is 2.18. The molecule has 3 aromatic rings. The molecule has 5 heteroatoms. The third-order valence-electron chi connectivity index (χ3n) is 3.95. The first-order chi connectivity index (χ1) is 10.2. The predicted molar refractivity (Wildman–Crippen MR) is 84.1 cm³/mol. The molecule has 0 bridgehead atoms. The van der Waals surface area contributed by atoms with Crippen molar-refractivity contribution in [3.05, 3.63) is 48.2 Å². The Hall–Kier alpha value is -2.14. The lowest BCUT2D eigenvalue weighted by Gasteiger charge is -2.14. The standard InChI is InChI=1S/C16H21N5/c1-4-21-15-8-6-5-7-12(15)13(19-21)11-14(17-2)16-18-9-10-20(16)3/h5-10,14,17H,4,11H2,1-3H3. The molecule has 0 aliphatic heterocycles. The normalized spacial score (nSPS) is 12.9. The van der Waals surface area contributed by atoms with Gasteiger partial charge < -0.3 is 9.88 Å². The Kier molecular flexibility index (Phi) is 3.75. The lowest BCUT2D eigenvalue weighted by molar-refractivity contribution is 0.527. The summed E-state index contributed by atoms with van der Waals surface area (Å²) in [7, 11) is 3.99. The van der Waals surface area contributed by atoms with E-state index in [2.05, 4.69) is 50.7 Å². The van der Waals surface area contributed by atoms with Crippen molar-refractivity contribution in [3.63, 3.8) is 0 Å². The summed E-state index contributed by atoms with van der Waals surface area (Å²) in [4.78, 5) is 4.46. The Bertz CT molecular complexity index is 740. The van der Waals surface area contributed by atoms with Crippen molar-refractivity contribution in [1.29, 1.82) is 0 Å². The Labute approximate surface area is 124 Å². The van der Waals surface area contributed by atoms with Gasteiger partial charge in [-0.15, -0.1) is 0 Å². The summed E-state index contributed by atoms with van der Waals surface area (Å²) < 4.78 is 4.12. The molecular weight excluding hydrogens is 262 g/mol. The zero-order chi connectivity index (χ0) is 14.8. The Balaban J connectivity index is 1.99. The molecule has 1 N–H and O–H groups in total. The highest BCUT2D eigenvalue weighted by Crippen LogP contribution is 2.23. The van der Waals surface area contributed by atoms with Crippen LogP contribution in [0.2, 0.25) is 0 Å². The van der Waals surface area contributed by atoms with E-state index in [1.165, 1.54) is 10.9 Å². The molecule has 0 fully saturated rings. The molecule has 2 heterocycles. The summed E-state index contributed by atoms with van der Waals surface area (Å²) in [6, 6.07) is 8.57. The van der Waals surface area contributed by atoms with Gasteiger partial charge in [0, 0.05) is 37.8 Å². The van der Waals surface area contributed by atoms with Crippen LogP contribution in [0.25, 0.3) is 10.9 Å². The second-order valence-corrected chi connectivity index (χ2v) is 5.22. The number of nitrogens with zero attached hydrogens (tertiary/aromatic N) is 4. The molecule has 0 amide bonds. The maximum Gasteiger partial charge on any atom is 0.125 e. The first kappa shape index (κ1) is 13.8. The van der Waals surface area contributed by atoms with Crippen molar-refractivity contribution in [2.24, 2.45) is 7.05 Å². The number of aromatic nitrogens is 4. The van der Waals surface area contributed by atoms with E-state index < -0.39 is 0 Å². The zero-order valence-corrected chi connectivity index (χ0v) is 12.7. The van der Waals surface area contributed by atoms with Crippen LogP contribution >= 0.6 is 0 Å². The van der Waals surface area contributed by atoms with Crippen LogP contribution in [-0.2, 0) is 20.0 Å². The topological polar surface area (TPSA) is 47.7 Å². The summed E-state index contributed by atoms with van der Waals surface area (Å²) in [5.74, 6) is 1.03. The molecule has 0 saturated heterocycles. The van der Waals surface area contributed by atoms with E-state index in [9.17, 15) is 0 Å². The number of benzene rings is 1. The third kappa shape index (κ3) is 2.45. The number of imidazole rings is 1. The van der Waals surface area contributed by atoms with Crippen molar-refractivity contribution < 1.29 is 0 Å². The summed E-state index contributed by atoms with van der Waals surface area (Å²) in [6.45, 7) is 3.00. The molecule has 2 aromatic heterocycles. The average Bonchev–Trinajstić information content (AvgIpc) is 3.09. The minimum atomic E-state index is 0.161.